The molecule has 0 bridgehead atoms. The maximum Gasteiger partial charge on any atom is 0.303 e. The molecule has 6 nitrogen and oxygen atoms in total. The van der Waals surface area contributed by atoms with Crippen molar-refractivity contribution in [2.45, 2.75) is 27.7 Å². The first-order valence-corrected chi connectivity index (χ1v) is 7.69. The van der Waals surface area contributed by atoms with E-state index in [0.29, 0.717) is 22.4 Å². The number of esters is 1. The van der Waals surface area contributed by atoms with Crippen LogP contribution in [0.1, 0.15) is 44.3 Å². The molecule has 1 aromatic carbocycles. The number of halogens is 2. The van der Waals surface area contributed by atoms with Gasteiger partial charge in [0.15, 0.2) is 6.61 Å². The first-order chi connectivity index (χ1) is 11.0. The number of rotatable bonds is 5. The number of carbonyl (C=O) groups is 4. The average Bonchev–Trinajstić information content (AvgIpc) is 2.43. The summed E-state index contributed by atoms with van der Waals surface area (Å²) in [4.78, 5) is 47.8. The molecule has 0 aliphatic carbocycles. The maximum atomic E-state index is 12.2. The van der Waals surface area contributed by atoms with Crippen LogP contribution < -0.4 is 4.90 Å². The molecule has 0 aliphatic rings. The van der Waals surface area contributed by atoms with Crippen molar-refractivity contribution in [2.75, 3.05) is 18.6 Å². The number of amides is 1. The summed E-state index contributed by atoms with van der Waals surface area (Å²) in [7, 11) is 1.45. The summed E-state index contributed by atoms with van der Waals surface area (Å²) in [5, 5.41) is -1.52. The molecule has 0 atom stereocenters. The predicted molar refractivity (Wildman–Crippen MR) is 91.1 cm³/mol. The van der Waals surface area contributed by atoms with E-state index in [1.807, 2.05) is 0 Å². The SMILES string of the molecule is CC(=O)OCC(=O)N(C)c1c(C)c(C(=O)Cl)c(C)c(C(=O)Cl)c1C. The van der Waals surface area contributed by atoms with Gasteiger partial charge >= 0.3 is 5.97 Å². The van der Waals surface area contributed by atoms with Crippen molar-refractivity contribution in [3.05, 3.63) is 27.8 Å². The molecule has 24 heavy (non-hydrogen) atoms. The first-order valence-electron chi connectivity index (χ1n) is 6.94. The monoisotopic (exact) mass is 373 g/mol. The second-order valence-corrected chi connectivity index (χ2v) is 5.94. The van der Waals surface area contributed by atoms with E-state index in [9.17, 15) is 19.2 Å². The zero-order chi connectivity index (χ0) is 18.8. The fourth-order valence-corrected chi connectivity index (χ4v) is 3.25. The molecule has 130 valence electrons. The Balaban J connectivity index is 3.57. The molecule has 1 rings (SSSR count). The summed E-state index contributed by atoms with van der Waals surface area (Å²) < 4.78 is 4.69. The van der Waals surface area contributed by atoms with Gasteiger partial charge in [0.1, 0.15) is 0 Å². The topological polar surface area (TPSA) is 80.8 Å². The van der Waals surface area contributed by atoms with Gasteiger partial charge in [-0.25, -0.2) is 0 Å². The van der Waals surface area contributed by atoms with Crippen LogP contribution >= 0.6 is 23.2 Å². The quantitative estimate of drug-likeness (QED) is 0.585. The largest absolute Gasteiger partial charge is 0.456 e. The molecule has 0 heterocycles. The smallest absolute Gasteiger partial charge is 0.303 e. The number of hydrogen-bond acceptors (Lipinski definition) is 5. The van der Waals surface area contributed by atoms with Crippen molar-refractivity contribution < 1.29 is 23.9 Å². The lowest BCUT2D eigenvalue weighted by molar-refractivity contribution is -0.145. The highest BCUT2D eigenvalue weighted by Gasteiger charge is 2.27. The van der Waals surface area contributed by atoms with E-state index in [4.69, 9.17) is 23.2 Å². The summed E-state index contributed by atoms with van der Waals surface area (Å²) in [5.74, 6) is -1.12. The van der Waals surface area contributed by atoms with E-state index in [-0.39, 0.29) is 11.1 Å². The van der Waals surface area contributed by atoms with E-state index in [2.05, 4.69) is 4.74 Å². The normalized spacial score (nSPS) is 10.3. The minimum Gasteiger partial charge on any atom is -0.456 e. The number of hydrogen-bond donors (Lipinski definition) is 0. The number of likely N-dealkylation sites (N-methyl/N-ethyl adjacent to an activating group) is 1. The van der Waals surface area contributed by atoms with Gasteiger partial charge in [0, 0.05) is 25.1 Å². The summed E-state index contributed by atoms with van der Waals surface area (Å²) >= 11 is 11.3. The van der Waals surface area contributed by atoms with Gasteiger partial charge in [0.25, 0.3) is 16.4 Å². The van der Waals surface area contributed by atoms with Gasteiger partial charge in [0.05, 0.1) is 5.69 Å². The van der Waals surface area contributed by atoms with Crippen molar-refractivity contribution >= 4 is 51.3 Å². The number of carbonyl (C=O) groups excluding carboxylic acids is 4. The molecule has 0 saturated carbocycles. The highest BCUT2D eigenvalue weighted by atomic mass is 35.5. The van der Waals surface area contributed by atoms with E-state index >= 15 is 0 Å². The van der Waals surface area contributed by atoms with Gasteiger partial charge in [0.2, 0.25) is 0 Å². The molecule has 0 saturated heterocycles. The Morgan fingerprint density at radius 3 is 1.67 bits per heavy atom. The summed E-state index contributed by atoms with van der Waals surface area (Å²) in [6.07, 6.45) is 0. The molecule has 1 aromatic rings. The lowest BCUT2D eigenvalue weighted by atomic mass is 9.91. The van der Waals surface area contributed by atoms with Crippen LogP contribution in [-0.2, 0) is 14.3 Å². The van der Waals surface area contributed by atoms with Crippen molar-refractivity contribution in [3.63, 3.8) is 0 Å². The Kier molecular flexibility index (Phi) is 6.51. The second kappa shape index (κ2) is 7.77. The zero-order valence-corrected chi connectivity index (χ0v) is 15.5. The molecule has 0 spiro atoms. The van der Waals surface area contributed by atoms with Crippen LogP contribution in [-0.4, -0.2) is 36.0 Å². The van der Waals surface area contributed by atoms with Gasteiger partial charge in [-0.05, 0) is 60.7 Å². The number of benzene rings is 1. The molecule has 1 amide bonds. The number of ether oxygens (including phenoxy) is 1. The van der Waals surface area contributed by atoms with Crippen LogP contribution in [0.5, 0.6) is 0 Å². The Morgan fingerprint density at radius 2 is 1.33 bits per heavy atom. The van der Waals surface area contributed by atoms with Crippen molar-refractivity contribution in [2.24, 2.45) is 0 Å². The van der Waals surface area contributed by atoms with Gasteiger partial charge < -0.3 is 9.64 Å². The summed E-state index contributed by atoms with van der Waals surface area (Å²) in [5.41, 5.74) is 1.79. The van der Waals surface area contributed by atoms with E-state index in [1.165, 1.54) is 18.9 Å². The lowest BCUT2D eigenvalue weighted by Crippen LogP contribution is -2.32. The molecule has 8 heteroatoms. The summed E-state index contributed by atoms with van der Waals surface area (Å²) in [6, 6.07) is 0. The fraction of sp³-hybridized carbons (Fsp3) is 0.375. The first kappa shape index (κ1) is 20.1. The number of nitrogens with zero attached hydrogens (tertiary/aromatic N) is 1. The lowest BCUT2D eigenvalue weighted by Gasteiger charge is -2.25. The molecule has 0 unspecified atom stereocenters. The molecule has 0 N–H and O–H groups in total. The van der Waals surface area contributed by atoms with E-state index in [1.54, 1.807) is 20.8 Å². The standard InChI is InChI=1S/C16H17Cl2NO5/c1-7-12(15(17)22)8(2)14(9(3)13(7)16(18)23)19(5)11(21)6-24-10(4)20/h6H2,1-5H3. The Morgan fingerprint density at radius 1 is 0.917 bits per heavy atom. The van der Waals surface area contributed by atoms with E-state index in [0.717, 1.165) is 0 Å². The molecule has 0 aromatic heterocycles. The zero-order valence-electron chi connectivity index (χ0n) is 14.0. The van der Waals surface area contributed by atoms with Gasteiger partial charge in [-0.1, -0.05) is 0 Å². The summed E-state index contributed by atoms with van der Waals surface area (Å²) in [6.45, 7) is 5.51. The van der Waals surface area contributed by atoms with Crippen molar-refractivity contribution in [1.82, 2.24) is 0 Å². The second-order valence-electron chi connectivity index (χ2n) is 5.25. The van der Waals surface area contributed by atoms with Crippen molar-refractivity contribution in [1.29, 1.82) is 0 Å². The Labute approximate surface area is 149 Å². The van der Waals surface area contributed by atoms with Crippen LogP contribution in [0.2, 0.25) is 0 Å². The highest BCUT2D eigenvalue weighted by molar-refractivity contribution is 6.69. The average molecular weight is 374 g/mol. The third-order valence-electron chi connectivity index (χ3n) is 3.71. The van der Waals surface area contributed by atoms with Gasteiger partial charge in [-0.15, -0.1) is 0 Å². The van der Waals surface area contributed by atoms with Crippen molar-refractivity contribution in [3.8, 4) is 0 Å². The predicted octanol–water partition coefficient (Wildman–Crippen LogP) is 2.90. The van der Waals surface area contributed by atoms with Gasteiger partial charge in [-0.3, -0.25) is 19.2 Å². The van der Waals surface area contributed by atoms with Crippen LogP contribution in [0, 0.1) is 20.8 Å². The third-order valence-corrected chi connectivity index (χ3v) is 4.09. The minimum absolute atomic E-state index is 0.119. The molecular formula is C16H17Cl2NO5. The maximum absolute atomic E-state index is 12.2. The van der Waals surface area contributed by atoms with Crippen LogP contribution in [0.25, 0.3) is 0 Å². The minimum atomic E-state index is -0.758. The van der Waals surface area contributed by atoms with E-state index < -0.39 is 29.0 Å². The third kappa shape index (κ3) is 3.94. The molecule has 0 fully saturated rings. The molecule has 0 aliphatic heterocycles. The van der Waals surface area contributed by atoms with Crippen LogP contribution in [0.15, 0.2) is 0 Å². The van der Waals surface area contributed by atoms with Crippen LogP contribution in [0.3, 0.4) is 0 Å². The van der Waals surface area contributed by atoms with Gasteiger partial charge in [-0.2, -0.15) is 0 Å². The Bertz CT molecular complexity index is 701. The Hall–Kier alpha value is -1.92. The molecule has 0 radical (unpaired) electrons. The fourth-order valence-electron chi connectivity index (χ4n) is 2.68. The number of anilines is 1. The van der Waals surface area contributed by atoms with Crippen LogP contribution in [0.4, 0.5) is 5.69 Å². The highest BCUT2D eigenvalue weighted by Crippen LogP contribution is 2.35. The molecular weight excluding hydrogens is 357 g/mol.